The van der Waals surface area contributed by atoms with E-state index in [4.69, 9.17) is 4.98 Å². The number of ketones is 1. The van der Waals surface area contributed by atoms with Gasteiger partial charge in [0.2, 0.25) is 11.6 Å². The summed E-state index contributed by atoms with van der Waals surface area (Å²) in [6.45, 7) is 2.93. The van der Waals surface area contributed by atoms with Crippen molar-refractivity contribution in [1.29, 1.82) is 0 Å². The van der Waals surface area contributed by atoms with E-state index in [1.165, 1.54) is 19.3 Å². The van der Waals surface area contributed by atoms with E-state index in [1.807, 2.05) is 41.1 Å². The number of unbranched alkanes of at least 4 members (excludes halogenated alkanes) is 2. The Morgan fingerprint density at radius 1 is 1.00 bits per heavy atom. The number of carbonyl (C=O) groups is 2. The van der Waals surface area contributed by atoms with Crippen LogP contribution in [0.15, 0.2) is 48.5 Å². The van der Waals surface area contributed by atoms with Crippen molar-refractivity contribution < 1.29 is 14.7 Å². The summed E-state index contributed by atoms with van der Waals surface area (Å²) < 4.78 is 1.91. The van der Waals surface area contributed by atoms with Gasteiger partial charge < -0.3 is 5.11 Å². The Morgan fingerprint density at radius 3 is 2.46 bits per heavy atom. The summed E-state index contributed by atoms with van der Waals surface area (Å²) in [6.07, 6.45) is 10.4. The summed E-state index contributed by atoms with van der Waals surface area (Å²) in [6, 6.07) is 14.9. The van der Waals surface area contributed by atoms with Gasteiger partial charge in [-0.2, -0.15) is 0 Å². The lowest BCUT2D eigenvalue weighted by Gasteiger charge is -2.19. The number of hydrogen-bond acceptors (Lipinski definition) is 4. The molecule has 0 atom stereocenters. The number of rotatable bonds is 11. The fourth-order valence-electron chi connectivity index (χ4n) is 4.96. The maximum Gasteiger partial charge on any atom is 0.336 e. The third kappa shape index (κ3) is 6.44. The van der Waals surface area contributed by atoms with Crippen molar-refractivity contribution in [3.05, 3.63) is 71.3 Å². The Hall–Kier alpha value is -3.28. The second-order valence-corrected chi connectivity index (χ2v) is 9.64. The number of Topliss-reactive ketones (excluding diaryl/α,β-unsaturated/α-hetero) is 1. The van der Waals surface area contributed by atoms with Crippen LogP contribution in [-0.2, 0) is 13.0 Å². The second kappa shape index (κ2) is 11.9. The monoisotopic (exact) mass is 473 g/mol. The van der Waals surface area contributed by atoms with Crippen molar-refractivity contribution in [2.75, 3.05) is 0 Å². The number of aryl methyl sites for hydroxylation is 1. The van der Waals surface area contributed by atoms with Gasteiger partial charge in [0.1, 0.15) is 5.82 Å². The van der Waals surface area contributed by atoms with Crippen LogP contribution in [0.25, 0.3) is 11.1 Å². The molecule has 0 amide bonds. The molecule has 0 bridgehead atoms. The number of carbonyl (C=O) groups excluding carboxylic acids is 1. The summed E-state index contributed by atoms with van der Waals surface area (Å²) >= 11 is 0. The van der Waals surface area contributed by atoms with Gasteiger partial charge in [-0.15, -0.1) is 5.10 Å². The van der Waals surface area contributed by atoms with Crippen LogP contribution in [0.3, 0.4) is 0 Å². The average Bonchev–Trinajstić information content (AvgIpc) is 3.28. The molecule has 35 heavy (non-hydrogen) atoms. The predicted octanol–water partition coefficient (Wildman–Crippen LogP) is 6.58. The summed E-state index contributed by atoms with van der Waals surface area (Å²) in [5.41, 5.74) is 2.90. The van der Waals surface area contributed by atoms with E-state index in [-0.39, 0.29) is 11.3 Å². The van der Waals surface area contributed by atoms with Crippen molar-refractivity contribution in [1.82, 2.24) is 14.8 Å². The highest BCUT2D eigenvalue weighted by Gasteiger charge is 2.22. The summed E-state index contributed by atoms with van der Waals surface area (Å²) in [5, 5.41) is 14.1. The van der Waals surface area contributed by atoms with E-state index in [0.29, 0.717) is 30.1 Å². The molecule has 0 aliphatic heterocycles. The Balaban J connectivity index is 1.52. The number of nitrogens with zero attached hydrogens (tertiary/aromatic N) is 3. The van der Waals surface area contributed by atoms with Crippen LogP contribution in [-0.4, -0.2) is 31.6 Å². The minimum atomic E-state index is -0.935. The average molecular weight is 474 g/mol. The standard InChI is InChI=1S/C29H35N3O3/c1-2-3-9-18-32-27(30-28(31-32)26(33)19-21-10-5-4-6-11-21)20-22-14-16-23(17-15-22)24-12-7-8-13-25(24)29(34)35/h7-8,12-17,21H,2-6,9-11,18-20H2,1H3,(H,34,35). The molecule has 0 unspecified atom stereocenters. The lowest BCUT2D eigenvalue weighted by atomic mass is 9.86. The van der Waals surface area contributed by atoms with Gasteiger partial charge in [-0.05, 0) is 35.1 Å². The molecule has 0 saturated heterocycles. The molecule has 0 spiro atoms. The first-order valence-electron chi connectivity index (χ1n) is 12.9. The van der Waals surface area contributed by atoms with Crippen molar-refractivity contribution in [3.8, 4) is 11.1 Å². The molecule has 1 aliphatic carbocycles. The van der Waals surface area contributed by atoms with E-state index < -0.39 is 5.97 Å². The minimum absolute atomic E-state index is 0.0630. The molecule has 1 aliphatic rings. The number of carboxylic acid groups (broad SMARTS) is 1. The quantitative estimate of drug-likeness (QED) is 0.251. The summed E-state index contributed by atoms with van der Waals surface area (Å²) in [7, 11) is 0. The Kier molecular flexibility index (Phi) is 8.45. The summed E-state index contributed by atoms with van der Waals surface area (Å²) in [5.74, 6) is 0.761. The van der Waals surface area contributed by atoms with Gasteiger partial charge >= 0.3 is 5.97 Å². The molecule has 1 N–H and O–H groups in total. The Bertz CT molecular complexity index is 1140. The van der Waals surface area contributed by atoms with E-state index in [2.05, 4.69) is 12.0 Å². The molecular weight excluding hydrogens is 438 g/mol. The van der Waals surface area contributed by atoms with E-state index >= 15 is 0 Å². The van der Waals surface area contributed by atoms with Crippen molar-refractivity contribution in [2.45, 2.75) is 77.7 Å². The highest BCUT2D eigenvalue weighted by Crippen LogP contribution is 2.28. The highest BCUT2D eigenvalue weighted by atomic mass is 16.4. The Labute approximate surface area is 207 Å². The molecule has 0 radical (unpaired) electrons. The number of carboxylic acids is 1. The molecule has 1 heterocycles. The fraction of sp³-hybridized carbons (Fsp3) is 0.448. The van der Waals surface area contributed by atoms with Crippen LogP contribution < -0.4 is 0 Å². The molecule has 3 aromatic rings. The minimum Gasteiger partial charge on any atom is -0.478 e. The molecule has 184 valence electrons. The number of hydrogen-bond donors (Lipinski definition) is 1. The first-order chi connectivity index (χ1) is 17.0. The van der Waals surface area contributed by atoms with Crippen LogP contribution in [0, 0.1) is 5.92 Å². The van der Waals surface area contributed by atoms with Crippen molar-refractivity contribution in [2.24, 2.45) is 5.92 Å². The van der Waals surface area contributed by atoms with Gasteiger partial charge in [0, 0.05) is 19.4 Å². The predicted molar refractivity (Wildman–Crippen MR) is 137 cm³/mol. The lowest BCUT2D eigenvalue weighted by Crippen LogP contribution is -2.13. The zero-order valence-electron chi connectivity index (χ0n) is 20.6. The maximum atomic E-state index is 13.0. The van der Waals surface area contributed by atoms with Crippen LogP contribution >= 0.6 is 0 Å². The van der Waals surface area contributed by atoms with Crippen LogP contribution in [0.1, 0.15) is 97.1 Å². The third-order valence-corrected chi connectivity index (χ3v) is 6.95. The zero-order chi connectivity index (χ0) is 24.6. The first-order valence-corrected chi connectivity index (χ1v) is 12.9. The number of aromatic carboxylic acids is 1. The molecule has 6 nitrogen and oxygen atoms in total. The number of benzene rings is 2. The fourth-order valence-corrected chi connectivity index (χ4v) is 4.96. The molecular formula is C29H35N3O3. The third-order valence-electron chi connectivity index (χ3n) is 6.95. The second-order valence-electron chi connectivity index (χ2n) is 9.64. The topological polar surface area (TPSA) is 85.1 Å². The van der Waals surface area contributed by atoms with Crippen molar-refractivity contribution in [3.63, 3.8) is 0 Å². The lowest BCUT2D eigenvalue weighted by molar-refractivity contribution is 0.0697. The van der Waals surface area contributed by atoms with Gasteiger partial charge in [-0.25, -0.2) is 14.5 Å². The maximum absolute atomic E-state index is 13.0. The van der Waals surface area contributed by atoms with E-state index in [9.17, 15) is 14.7 Å². The molecule has 1 saturated carbocycles. The normalized spacial score (nSPS) is 14.2. The summed E-state index contributed by atoms with van der Waals surface area (Å²) in [4.78, 5) is 29.2. The van der Waals surface area contributed by atoms with Crippen LogP contribution in [0.4, 0.5) is 0 Å². The van der Waals surface area contributed by atoms with Gasteiger partial charge in [0.15, 0.2) is 0 Å². The highest BCUT2D eigenvalue weighted by molar-refractivity contribution is 5.96. The largest absolute Gasteiger partial charge is 0.478 e. The molecule has 1 aromatic heterocycles. The van der Waals surface area contributed by atoms with E-state index in [1.54, 1.807) is 12.1 Å². The van der Waals surface area contributed by atoms with Gasteiger partial charge in [-0.3, -0.25) is 4.79 Å². The SMILES string of the molecule is CCCCCn1nc(C(=O)CC2CCCCC2)nc1Cc1ccc(-c2ccccc2C(=O)O)cc1. The van der Waals surface area contributed by atoms with E-state index in [0.717, 1.165) is 55.6 Å². The molecule has 2 aromatic carbocycles. The Morgan fingerprint density at radius 2 is 1.74 bits per heavy atom. The molecule has 1 fully saturated rings. The molecule has 6 heteroatoms. The number of aromatic nitrogens is 3. The smallest absolute Gasteiger partial charge is 0.336 e. The molecule has 4 rings (SSSR count). The van der Waals surface area contributed by atoms with Gasteiger partial charge in [0.05, 0.1) is 5.56 Å². The van der Waals surface area contributed by atoms with Crippen LogP contribution in [0.2, 0.25) is 0 Å². The van der Waals surface area contributed by atoms with Gasteiger partial charge in [0.25, 0.3) is 0 Å². The van der Waals surface area contributed by atoms with Crippen molar-refractivity contribution >= 4 is 11.8 Å². The van der Waals surface area contributed by atoms with Crippen LogP contribution in [0.5, 0.6) is 0 Å². The zero-order valence-corrected chi connectivity index (χ0v) is 20.6. The first kappa shape index (κ1) is 24.8. The van der Waals surface area contributed by atoms with Gasteiger partial charge in [-0.1, -0.05) is 94.3 Å².